The third kappa shape index (κ3) is 10.7. The third-order valence-corrected chi connectivity index (χ3v) is 5.00. The van der Waals surface area contributed by atoms with Gasteiger partial charge in [0.05, 0.1) is 18.8 Å². The van der Waals surface area contributed by atoms with Gasteiger partial charge < -0.3 is 14.6 Å². The van der Waals surface area contributed by atoms with Gasteiger partial charge in [-0.15, -0.1) is 0 Å². The molecule has 4 nitrogen and oxygen atoms in total. The minimum atomic E-state index is -0.963. The molecule has 1 aliphatic rings. The van der Waals surface area contributed by atoms with Crippen LogP contribution in [0.1, 0.15) is 71.8 Å². The average Bonchev–Trinajstić information content (AvgIpc) is 2.64. The Morgan fingerprint density at radius 2 is 1.59 bits per heavy atom. The fourth-order valence-electron chi connectivity index (χ4n) is 3.66. The minimum Gasteiger partial charge on any atom is -0.494 e. The summed E-state index contributed by atoms with van der Waals surface area (Å²) in [5.41, 5.74) is -0.0741. The highest BCUT2D eigenvalue weighted by atomic mass is 16.5. The van der Waals surface area contributed by atoms with Gasteiger partial charge in [-0.3, -0.25) is 4.90 Å². The lowest BCUT2D eigenvalue weighted by atomic mass is 10.1. The second-order valence-corrected chi connectivity index (χ2v) is 8.82. The quantitative estimate of drug-likeness (QED) is 0.458. The van der Waals surface area contributed by atoms with Crippen LogP contribution in [0.4, 0.5) is 0 Å². The highest BCUT2D eigenvalue weighted by Crippen LogP contribution is 2.14. The van der Waals surface area contributed by atoms with Crippen LogP contribution < -0.4 is 4.74 Å². The fraction of sp³-hybridized carbons (Fsp3) is 0.680. The number of ether oxygens (including phenoxy) is 2. The van der Waals surface area contributed by atoms with Gasteiger partial charge in [-0.1, -0.05) is 37.5 Å². The van der Waals surface area contributed by atoms with Gasteiger partial charge in [0, 0.05) is 18.7 Å². The van der Waals surface area contributed by atoms with Crippen molar-refractivity contribution in [1.29, 1.82) is 0 Å². The summed E-state index contributed by atoms with van der Waals surface area (Å²) in [6.07, 6.45) is 8.26. The molecule has 1 heterocycles. The summed E-state index contributed by atoms with van der Waals surface area (Å²) in [5.74, 6) is 6.67. The Balaban J connectivity index is 1.48. The van der Waals surface area contributed by atoms with Crippen LogP contribution in [-0.2, 0) is 4.74 Å². The van der Waals surface area contributed by atoms with Gasteiger partial charge in [0.1, 0.15) is 11.4 Å². The van der Waals surface area contributed by atoms with E-state index in [1.54, 1.807) is 13.8 Å². The number of morpholine rings is 1. The van der Waals surface area contributed by atoms with Gasteiger partial charge in [-0.2, -0.15) is 0 Å². The van der Waals surface area contributed by atoms with Gasteiger partial charge in [0.25, 0.3) is 0 Å². The molecule has 0 bridgehead atoms. The molecule has 1 aromatic rings. The smallest absolute Gasteiger partial charge is 0.120 e. The first-order valence-electron chi connectivity index (χ1n) is 11.2. The normalized spacial score (nSPS) is 20.2. The molecule has 0 saturated carbocycles. The maximum absolute atomic E-state index is 9.64. The molecule has 2 atom stereocenters. The standard InChI is InChI=1S/C25H39NO3/c1-21-19-26(20-22(2)29-21)17-9-7-5-6-8-10-18-28-24-13-11-23(12-14-24)15-16-25(3,4)27/h11-14,21-22,27H,5-10,17-20H2,1-4H3. The lowest BCUT2D eigenvalue weighted by Gasteiger charge is -2.35. The van der Waals surface area contributed by atoms with E-state index in [0.717, 1.165) is 37.4 Å². The topological polar surface area (TPSA) is 41.9 Å². The number of aliphatic hydroxyl groups is 1. The van der Waals surface area contributed by atoms with E-state index in [0.29, 0.717) is 12.2 Å². The molecule has 1 fully saturated rings. The number of unbranched alkanes of at least 4 members (excludes halogenated alkanes) is 5. The molecule has 0 aromatic heterocycles. The van der Waals surface area contributed by atoms with E-state index in [-0.39, 0.29) is 0 Å². The van der Waals surface area contributed by atoms with Crippen LogP contribution in [0.25, 0.3) is 0 Å². The highest BCUT2D eigenvalue weighted by Gasteiger charge is 2.21. The van der Waals surface area contributed by atoms with Crippen molar-refractivity contribution in [2.45, 2.75) is 84.0 Å². The Hall–Kier alpha value is -1.54. The van der Waals surface area contributed by atoms with Crippen LogP contribution in [-0.4, -0.2) is 54.1 Å². The Morgan fingerprint density at radius 1 is 1.00 bits per heavy atom. The van der Waals surface area contributed by atoms with E-state index in [4.69, 9.17) is 9.47 Å². The fourth-order valence-corrected chi connectivity index (χ4v) is 3.66. The van der Waals surface area contributed by atoms with Crippen molar-refractivity contribution < 1.29 is 14.6 Å². The van der Waals surface area contributed by atoms with Crippen molar-refractivity contribution in [3.05, 3.63) is 29.8 Å². The summed E-state index contributed by atoms with van der Waals surface area (Å²) in [6, 6.07) is 7.76. The number of rotatable bonds is 10. The van der Waals surface area contributed by atoms with E-state index in [2.05, 4.69) is 30.6 Å². The molecule has 162 valence electrons. The van der Waals surface area contributed by atoms with Crippen molar-refractivity contribution >= 4 is 0 Å². The van der Waals surface area contributed by atoms with Crippen LogP contribution in [0.2, 0.25) is 0 Å². The minimum absolute atomic E-state index is 0.371. The van der Waals surface area contributed by atoms with Gasteiger partial charge in [0.15, 0.2) is 0 Å². The van der Waals surface area contributed by atoms with Gasteiger partial charge in [-0.05, 0) is 71.3 Å². The maximum Gasteiger partial charge on any atom is 0.120 e. The van der Waals surface area contributed by atoms with Gasteiger partial charge >= 0.3 is 0 Å². The summed E-state index contributed by atoms with van der Waals surface area (Å²) in [7, 11) is 0. The van der Waals surface area contributed by atoms with Gasteiger partial charge in [-0.25, -0.2) is 0 Å². The molecule has 4 heteroatoms. The Morgan fingerprint density at radius 3 is 2.21 bits per heavy atom. The largest absolute Gasteiger partial charge is 0.494 e. The second-order valence-electron chi connectivity index (χ2n) is 8.82. The average molecular weight is 402 g/mol. The summed E-state index contributed by atoms with van der Waals surface area (Å²) in [5, 5.41) is 9.64. The van der Waals surface area contributed by atoms with E-state index in [1.165, 1.54) is 38.6 Å². The first kappa shape index (κ1) is 23.7. The van der Waals surface area contributed by atoms with Crippen LogP contribution >= 0.6 is 0 Å². The van der Waals surface area contributed by atoms with E-state index in [1.807, 2.05) is 24.3 Å². The number of benzene rings is 1. The first-order valence-corrected chi connectivity index (χ1v) is 11.2. The molecular weight excluding hydrogens is 362 g/mol. The number of hydrogen-bond acceptors (Lipinski definition) is 4. The van der Waals surface area contributed by atoms with Crippen LogP contribution in [0, 0.1) is 11.8 Å². The number of hydrogen-bond donors (Lipinski definition) is 1. The molecular formula is C25H39NO3. The predicted molar refractivity (Wildman–Crippen MR) is 119 cm³/mol. The summed E-state index contributed by atoms with van der Waals surface area (Å²) < 4.78 is 11.6. The summed E-state index contributed by atoms with van der Waals surface area (Å²) >= 11 is 0. The molecule has 2 unspecified atom stereocenters. The monoisotopic (exact) mass is 401 g/mol. The lowest BCUT2D eigenvalue weighted by Crippen LogP contribution is -2.45. The molecule has 29 heavy (non-hydrogen) atoms. The molecule has 1 aliphatic heterocycles. The third-order valence-electron chi connectivity index (χ3n) is 5.00. The van der Waals surface area contributed by atoms with Crippen molar-refractivity contribution in [1.82, 2.24) is 4.90 Å². The lowest BCUT2D eigenvalue weighted by molar-refractivity contribution is -0.0681. The van der Waals surface area contributed by atoms with Crippen LogP contribution in [0.15, 0.2) is 24.3 Å². The summed E-state index contributed by atoms with van der Waals surface area (Å²) in [4.78, 5) is 2.55. The van der Waals surface area contributed by atoms with E-state index in [9.17, 15) is 5.11 Å². The Kier molecular flexibility index (Phi) is 10.0. The molecule has 0 spiro atoms. The first-order chi connectivity index (χ1) is 13.8. The highest BCUT2D eigenvalue weighted by molar-refractivity contribution is 5.39. The molecule has 0 amide bonds. The maximum atomic E-state index is 9.64. The SMILES string of the molecule is CC1CN(CCCCCCCCOc2ccc(C#CC(C)(C)O)cc2)CC(C)O1. The zero-order valence-corrected chi connectivity index (χ0v) is 18.7. The van der Waals surface area contributed by atoms with Crippen molar-refractivity contribution in [2.24, 2.45) is 0 Å². The molecule has 1 saturated heterocycles. The summed E-state index contributed by atoms with van der Waals surface area (Å²) in [6.45, 7) is 11.8. The predicted octanol–water partition coefficient (Wildman–Crippen LogP) is 4.64. The number of nitrogens with zero attached hydrogens (tertiary/aromatic N) is 1. The Bertz CT molecular complexity index is 629. The van der Waals surface area contributed by atoms with E-state index >= 15 is 0 Å². The molecule has 2 rings (SSSR count). The van der Waals surface area contributed by atoms with Gasteiger partial charge in [0.2, 0.25) is 0 Å². The van der Waals surface area contributed by atoms with Crippen LogP contribution in [0.5, 0.6) is 5.75 Å². The van der Waals surface area contributed by atoms with Crippen molar-refractivity contribution in [3.63, 3.8) is 0 Å². The van der Waals surface area contributed by atoms with Crippen molar-refractivity contribution in [3.8, 4) is 17.6 Å². The second kappa shape index (κ2) is 12.2. The zero-order valence-electron chi connectivity index (χ0n) is 18.7. The Labute approximate surface area is 177 Å². The van der Waals surface area contributed by atoms with E-state index < -0.39 is 5.60 Å². The van der Waals surface area contributed by atoms with Crippen molar-refractivity contribution in [2.75, 3.05) is 26.2 Å². The molecule has 0 aliphatic carbocycles. The zero-order chi connectivity index (χ0) is 21.1. The molecule has 1 aromatic carbocycles. The van der Waals surface area contributed by atoms with Crippen LogP contribution in [0.3, 0.4) is 0 Å². The molecule has 0 radical (unpaired) electrons. The molecule has 1 N–H and O–H groups in total.